The first-order valence-corrected chi connectivity index (χ1v) is 5.65. The Hall–Kier alpha value is -2.55. The van der Waals surface area contributed by atoms with Crippen LogP contribution < -0.4 is 5.56 Å². The highest BCUT2D eigenvalue weighted by molar-refractivity contribution is 5.86. The van der Waals surface area contributed by atoms with Crippen LogP contribution in [0.4, 0.5) is 0 Å². The summed E-state index contributed by atoms with van der Waals surface area (Å²) in [5.41, 5.74) is 1.55. The summed E-state index contributed by atoms with van der Waals surface area (Å²) in [6.07, 6.45) is 0. The zero-order chi connectivity index (χ0) is 12.5. The number of hydrogen-bond donors (Lipinski definition) is 2. The van der Waals surface area contributed by atoms with E-state index in [1.807, 2.05) is 36.4 Å². The zero-order valence-corrected chi connectivity index (χ0v) is 9.55. The number of aromatic hydroxyl groups is 1. The van der Waals surface area contributed by atoms with Crippen LogP contribution in [0.25, 0.3) is 22.0 Å². The van der Waals surface area contributed by atoms with Crippen molar-refractivity contribution < 1.29 is 5.11 Å². The lowest BCUT2D eigenvalue weighted by Gasteiger charge is -2.04. The molecule has 0 amide bonds. The van der Waals surface area contributed by atoms with Crippen molar-refractivity contribution in [2.75, 3.05) is 0 Å². The predicted octanol–water partition coefficient (Wildman–Crippen LogP) is 2.90. The van der Waals surface area contributed by atoms with Crippen LogP contribution in [-0.2, 0) is 0 Å². The molecule has 0 aliphatic heterocycles. The molecule has 88 valence electrons. The van der Waals surface area contributed by atoms with Crippen LogP contribution in [0.3, 0.4) is 0 Å². The van der Waals surface area contributed by atoms with Gasteiger partial charge < -0.3 is 10.1 Å². The number of aromatic nitrogens is 1. The molecule has 3 nitrogen and oxygen atoms in total. The van der Waals surface area contributed by atoms with E-state index in [0.717, 1.165) is 16.6 Å². The molecule has 0 fully saturated rings. The first-order chi connectivity index (χ1) is 8.74. The minimum Gasteiger partial charge on any atom is -0.508 e. The quantitative estimate of drug-likeness (QED) is 0.683. The van der Waals surface area contributed by atoms with Crippen LogP contribution in [0, 0.1) is 0 Å². The number of aromatic amines is 1. The molecular weight excluding hydrogens is 226 g/mol. The third-order valence-corrected chi connectivity index (χ3v) is 2.91. The summed E-state index contributed by atoms with van der Waals surface area (Å²) in [6.45, 7) is 0. The second-order valence-electron chi connectivity index (χ2n) is 4.15. The number of fused-ring (bicyclic) bond motifs is 1. The maximum absolute atomic E-state index is 11.9. The van der Waals surface area contributed by atoms with E-state index in [9.17, 15) is 9.90 Å². The standard InChI is InChI=1S/C15H11NO2/c17-12-6-7-13-11(8-12)9-14(16-15(13)18)10-4-2-1-3-5-10/h1-9,17H,(H,16,18). The molecule has 0 aliphatic carbocycles. The zero-order valence-electron chi connectivity index (χ0n) is 9.55. The summed E-state index contributed by atoms with van der Waals surface area (Å²) < 4.78 is 0. The van der Waals surface area contributed by atoms with Gasteiger partial charge >= 0.3 is 0 Å². The Kier molecular flexibility index (Phi) is 2.38. The number of pyridine rings is 1. The van der Waals surface area contributed by atoms with E-state index in [0.29, 0.717) is 5.39 Å². The molecule has 0 radical (unpaired) electrons. The summed E-state index contributed by atoms with van der Waals surface area (Å²) in [5, 5.41) is 10.8. The smallest absolute Gasteiger partial charge is 0.256 e. The lowest BCUT2D eigenvalue weighted by atomic mass is 10.1. The molecule has 2 N–H and O–H groups in total. The number of phenols is 1. The third kappa shape index (κ3) is 1.76. The van der Waals surface area contributed by atoms with Crippen molar-refractivity contribution in [2.24, 2.45) is 0 Å². The number of rotatable bonds is 1. The average Bonchev–Trinajstić information content (AvgIpc) is 2.39. The van der Waals surface area contributed by atoms with Crippen molar-refractivity contribution in [1.82, 2.24) is 4.98 Å². The van der Waals surface area contributed by atoms with Crippen LogP contribution in [0.1, 0.15) is 0 Å². The van der Waals surface area contributed by atoms with E-state index < -0.39 is 0 Å². The fourth-order valence-corrected chi connectivity index (χ4v) is 2.03. The van der Waals surface area contributed by atoms with Crippen LogP contribution >= 0.6 is 0 Å². The van der Waals surface area contributed by atoms with Crippen molar-refractivity contribution in [1.29, 1.82) is 0 Å². The van der Waals surface area contributed by atoms with Gasteiger partial charge in [0.25, 0.3) is 5.56 Å². The Morgan fingerprint density at radius 1 is 0.944 bits per heavy atom. The maximum Gasteiger partial charge on any atom is 0.256 e. The summed E-state index contributed by atoms with van der Waals surface area (Å²) >= 11 is 0. The van der Waals surface area contributed by atoms with E-state index in [-0.39, 0.29) is 11.3 Å². The normalized spacial score (nSPS) is 10.7. The van der Waals surface area contributed by atoms with Gasteiger partial charge in [-0.15, -0.1) is 0 Å². The number of phenolic OH excluding ortho intramolecular Hbond substituents is 1. The highest BCUT2D eigenvalue weighted by atomic mass is 16.3. The van der Waals surface area contributed by atoms with Crippen LogP contribution in [0.15, 0.2) is 59.4 Å². The molecule has 3 rings (SSSR count). The van der Waals surface area contributed by atoms with Gasteiger partial charge in [0, 0.05) is 11.1 Å². The van der Waals surface area contributed by atoms with Gasteiger partial charge in [0.15, 0.2) is 0 Å². The molecule has 1 heterocycles. The van der Waals surface area contributed by atoms with Gasteiger partial charge in [-0.05, 0) is 35.2 Å². The molecule has 0 unspecified atom stereocenters. The minimum absolute atomic E-state index is 0.147. The molecule has 0 saturated heterocycles. The first kappa shape index (κ1) is 10.6. The molecular formula is C15H11NO2. The Balaban J connectivity index is 2.30. The van der Waals surface area contributed by atoms with E-state index in [4.69, 9.17) is 0 Å². The Morgan fingerprint density at radius 3 is 2.50 bits per heavy atom. The molecule has 2 aromatic carbocycles. The van der Waals surface area contributed by atoms with Crippen molar-refractivity contribution >= 4 is 10.8 Å². The average molecular weight is 237 g/mol. The molecule has 3 heteroatoms. The molecule has 0 aliphatic rings. The van der Waals surface area contributed by atoms with Gasteiger partial charge in [0.2, 0.25) is 0 Å². The lowest BCUT2D eigenvalue weighted by molar-refractivity contribution is 0.476. The molecule has 18 heavy (non-hydrogen) atoms. The van der Waals surface area contributed by atoms with Crippen molar-refractivity contribution in [3.05, 3.63) is 65.0 Å². The molecule has 0 bridgehead atoms. The summed E-state index contributed by atoms with van der Waals surface area (Å²) in [5.74, 6) is 0.159. The Morgan fingerprint density at radius 2 is 1.72 bits per heavy atom. The molecule has 0 spiro atoms. The second-order valence-corrected chi connectivity index (χ2v) is 4.15. The van der Waals surface area contributed by atoms with E-state index in [1.165, 1.54) is 6.07 Å². The molecule has 1 aromatic heterocycles. The highest BCUT2D eigenvalue weighted by Gasteiger charge is 2.04. The van der Waals surface area contributed by atoms with Gasteiger partial charge in [0.05, 0.1) is 0 Å². The van der Waals surface area contributed by atoms with Crippen LogP contribution in [0.2, 0.25) is 0 Å². The topological polar surface area (TPSA) is 53.1 Å². The van der Waals surface area contributed by atoms with Gasteiger partial charge in [-0.25, -0.2) is 0 Å². The number of nitrogens with one attached hydrogen (secondary N) is 1. The Labute approximate surface area is 103 Å². The summed E-state index contributed by atoms with van der Waals surface area (Å²) in [6, 6.07) is 16.2. The van der Waals surface area contributed by atoms with Crippen molar-refractivity contribution in [3.8, 4) is 17.0 Å². The van der Waals surface area contributed by atoms with Gasteiger partial charge in [-0.2, -0.15) is 0 Å². The molecule has 3 aromatic rings. The Bertz CT molecular complexity index is 760. The monoisotopic (exact) mass is 237 g/mol. The first-order valence-electron chi connectivity index (χ1n) is 5.65. The predicted molar refractivity (Wildman–Crippen MR) is 71.7 cm³/mol. The fourth-order valence-electron chi connectivity index (χ4n) is 2.03. The van der Waals surface area contributed by atoms with Crippen LogP contribution in [0.5, 0.6) is 5.75 Å². The SMILES string of the molecule is O=c1[nH]c(-c2ccccc2)cc2cc(O)ccc12. The summed E-state index contributed by atoms with van der Waals surface area (Å²) in [7, 11) is 0. The lowest BCUT2D eigenvalue weighted by Crippen LogP contribution is -2.06. The number of benzene rings is 2. The van der Waals surface area contributed by atoms with Gasteiger partial charge in [0.1, 0.15) is 5.75 Å². The number of hydrogen-bond acceptors (Lipinski definition) is 2. The minimum atomic E-state index is -0.147. The van der Waals surface area contributed by atoms with Crippen molar-refractivity contribution in [2.45, 2.75) is 0 Å². The number of H-pyrrole nitrogens is 1. The third-order valence-electron chi connectivity index (χ3n) is 2.91. The fraction of sp³-hybridized carbons (Fsp3) is 0. The second kappa shape index (κ2) is 4.04. The molecule has 0 atom stereocenters. The highest BCUT2D eigenvalue weighted by Crippen LogP contribution is 2.22. The van der Waals surface area contributed by atoms with Crippen LogP contribution in [-0.4, -0.2) is 10.1 Å². The van der Waals surface area contributed by atoms with Gasteiger partial charge in [-0.1, -0.05) is 30.3 Å². The maximum atomic E-state index is 11.9. The molecule has 0 saturated carbocycles. The summed E-state index contributed by atoms with van der Waals surface area (Å²) in [4.78, 5) is 14.8. The van der Waals surface area contributed by atoms with E-state index >= 15 is 0 Å². The van der Waals surface area contributed by atoms with E-state index in [2.05, 4.69) is 4.98 Å². The van der Waals surface area contributed by atoms with E-state index in [1.54, 1.807) is 12.1 Å². The van der Waals surface area contributed by atoms with Gasteiger partial charge in [-0.3, -0.25) is 4.79 Å². The largest absolute Gasteiger partial charge is 0.508 e. The van der Waals surface area contributed by atoms with Crippen molar-refractivity contribution in [3.63, 3.8) is 0 Å².